The Bertz CT molecular complexity index is 335. The minimum atomic E-state index is -2.15. The summed E-state index contributed by atoms with van der Waals surface area (Å²) in [6, 6.07) is 2.15. The summed E-state index contributed by atoms with van der Waals surface area (Å²) in [4.78, 5) is 0. The molecule has 0 aromatic heterocycles. The normalized spacial score (nSPS) is 13.3. The molecule has 0 aliphatic heterocycles. The van der Waals surface area contributed by atoms with Gasteiger partial charge in [0.05, 0.1) is 13.2 Å². The lowest BCUT2D eigenvalue weighted by atomic mass is 10.5. The van der Waals surface area contributed by atoms with E-state index < -0.39 is 25.2 Å². The average Bonchev–Trinajstić information content (AvgIpc) is 2.51. The van der Waals surface area contributed by atoms with Crippen molar-refractivity contribution in [2.45, 2.75) is 70.6 Å². The van der Waals surface area contributed by atoms with Gasteiger partial charge in [0.1, 0.15) is 0 Å². The molecule has 0 amide bonds. The van der Waals surface area contributed by atoms with Crippen LogP contribution in [0.15, 0.2) is 0 Å². The first-order valence-electron chi connectivity index (χ1n) is 10.2. The second kappa shape index (κ2) is 14.4. The van der Waals surface area contributed by atoms with Gasteiger partial charge in [-0.05, 0) is 70.6 Å². The van der Waals surface area contributed by atoms with Gasteiger partial charge in [-0.2, -0.15) is 0 Å². The monoisotopic (exact) mass is 440 g/mol. The van der Waals surface area contributed by atoms with Crippen molar-refractivity contribution in [2.75, 3.05) is 46.8 Å². The molecular formula is C18H44O6Si3. The van der Waals surface area contributed by atoms with Crippen molar-refractivity contribution < 1.29 is 27.5 Å². The summed E-state index contributed by atoms with van der Waals surface area (Å²) in [6.45, 7) is 17.1. The highest BCUT2D eigenvalue weighted by molar-refractivity contribution is 6.87. The predicted molar refractivity (Wildman–Crippen MR) is 119 cm³/mol. The number of aliphatic hydroxyl groups excluding tert-OH is 1. The van der Waals surface area contributed by atoms with Gasteiger partial charge < -0.3 is 27.5 Å². The van der Waals surface area contributed by atoms with Crippen LogP contribution in [0.4, 0.5) is 0 Å². The first-order valence-corrected chi connectivity index (χ1v) is 19.2. The van der Waals surface area contributed by atoms with Crippen LogP contribution in [-0.4, -0.2) is 77.1 Å². The lowest BCUT2D eigenvalue weighted by Gasteiger charge is -2.38. The maximum atomic E-state index is 8.76. The molecule has 0 aromatic carbocycles. The van der Waals surface area contributed by atoms with Gasteiger partial charge in [0.15, 0.2) is 16.6 Å². The SMILES string of the molecule is COCCOCCC[Si](C)(C)O[Si](C)(C)O[Si](C)(C)CCCOCCCO. The molecule has 164 valence electrons. The van der Waals surface area contributed by atoms with E-state index in [2.05, 4.69) is 39.3 Å². The Morgan fingerprint density at radius 1 is 0.630 bits per heavy atom. The first kappa shape index (κ1) is 27.4. The Hall–Kier alpha value is 0.411. The number of methoxy groups -OCH3 is 1. The van der Waals surface area contributed by atoms with Crippen molar-refractivity contribution in [2.24, 2.45) is 0 Å². The predicted octanol–water partition coefficient (Wildman–Crippen LogP) is 3.97. The quantitative estimate of drug-likeness (QED) is 0.257. The van der Waals surface area contributed by atoms with Gasteiger partial charge in [-0.15, -0.1) is 0 Å². The molecule has 0 rings (SSSR count). The lowest BCUT2D eigenvalue weighted by molar-refractivity contribution is 0.0707. The Balaban J connectivity index is 4.17. The van der Waals surface area contributed by atoms with Crippen LogP contribution in [0.2, 0.25) is 51.4 Å². The van der Waals surface area contributed by atoms with Crippen LogP contribution in [0.3, 0.4) is 0 Å². The van der Waals surface area contributed by atoms with Crippen LogP contribution in [0, 0.1) is 0 Å². The Labute approximate surface area is 170 Å². The summed E-state index contributed by atoms with van der Waals surface area (Å²) >= 11 is 0. The van der Waals surface area contributed by atoms with Crippen LogP contribution >= 0.6 is 0 Å². The minimum Gasteiger partial charge on any atom is -0.437 e. The zero-order valence-electron chi connectivity index (χ0n) is 18.8. The molecule has 0 radical (unpaired) electrons. The standard InChI is InChI=1S/C18H44O6Si3/c1-20-15-16-22-14-10-18-26(4,5)24-27(6,7)23-25(2,3)17-9-13-21-12-8-11-19/h19H,8-18H2,1-7H3. The summed E-state index contributed by atoms with van der Waals surface area (Å²) < 4.78 is 29.3. The molecule has 0 fully saturated rings. The fourth-order valence-electron chi connectivity index (χ4n) is 3.17. The maximum Gasteiger partial charge on any atom is 0.311 e. The fourth-order valence-corrected chi connectivity index (χ4v) is 17.2. The topological polar surface area (TPSA) is 66.4 Å². The molecule has 0 atom stereocenters. The smallest absolute Gasteiger partial charge is 0.311 e. The minimum absolute atomic E-state index is 0.194. The van der Waals surface area contributed by atoms with Gasteiger partial charge in [0.2, 0.25) is 0 Å². The Morgan fingerprint density at radius 3 is 1.52 bits per heavy atom. The molecule has 9 heteroatoms. The van der Waals surface area contributed by atoms with Crippen LogP contribution < -0.4 is 0 Å². The maximum absolute atomic E-state index is 8.76. The summed E-state index contributed by atoms with van der Waals surface area (Å²) in [7, 11) is -3.99. The average molecular weight is 441 g/mol. The van der Waals surface area contributed by atoms with Gasteiger partial charge in [-0.1, -0.05) is 0 Å². The number of ether oxygens (including phenoxy) is 3. The first-order chi connectivity index (χ1) is 12.5. The highest BCUT2D eigenvalue weighted by atomic mass is 28.5. The second-order valence-corrected chi connectivity index (χ2v) is 21.1. The van der Waals surface area contributed by atoms with Gasteiger partial charge in [0.25, 0.3) is 0 Å². The zero-order chi connectivity index (χ0) is 20.8. The molecule has 0 saturated heterocycles. The molecule has 0 aromatic rings. The molecular weight excluding hydrogens is 396 g/mol. The molecule has 0 spiro atoms. The molecule has 1 N–H and O–H groups in total. The zero-order valence-corrected chi connectivity index (χ0v) is 21.8. The van der Waals surface area contributed by atoms with Gasteiger partial charge in [-0.3, -0.25) is 0 Å². The largest absolute Gasteiger partial charge is 0.437 e. The van der Waals surface area contributed by atoms with Crippen molar-refractivity contribution in [1.82, 2.24) is 0 Å². The summed E-state index contributed by atoms with van der Waals surface area (Å²) in [5.41, 5.74) is 0. The van der Waals surface area contributed by atoms with E-state index in [1.54, 1.807) is 7.11 Å². The van der Waals surface area contributed by atoms with Crippen molar-refractivity contribution in [1.29, 1.82) is 0 Å². The third-order valence-electron chi connectivity index (χ3n) is 4.06. The summed E-state index contributed by atoms with van der Waals surface area (Å²) in [6.07, 6.45) is 2.75. The Morgan fingerprint density at radius 2 is 1.07 bits per heavy atom. The highest BCUT2D eigenvalue weighted by Gasteiger charge is 2.39. The van der Waals surface area contributed by atoms with Gasteiger partial charge in [-0.25, -0.2) is 0 Å². The molecule has 0 bridgehead atoms. The number of hydrogen-bond donors (Lipinski definition) is 1. The van der Waals surface area contributed by atoms with Crippen LogP contribution in [-0.2, 0) is 22.4 Å². The van der Waals surface area contributed by atoms with Crippen molar-refractivity contribution >= 4 is 25.2 Å². The number of aliphatic hydroxyl groups is 1. The van der Waals surface area contributed by atoms with Crippen molar-refractivity contribution in [3.05, 3.63) is 0 Å². The summed E-state index contributed by atoms with van der Waals surface area (Å²) in [5.74, 6) is 0. The second-order valence-electron chi connectivity index (χ2n) is 8.63. The molecule has 27 heavy (non-hydrogen) atoms. The highest BCUT2D eigenvalue weighted by Crippen LogP contribution is 2.26. The van der Waals surface area contributed by atoms with Gasteiger partial charge in [0, 0.05) is 33.5 Å². The molecule has 0 heterocycles. The molecule has 6 nitrogen and oxygen atoms in total. The third kappa shape index (κ3) is 17.0. The van der Waals surface area contributed by atoms with E-state index in [4.69, 9.17) is 27.5 Å². The van der Waals surface area contributed by atoms with E-state index in [0.717, 1.165) is 38.1 Å². The van der Waals surface area contributed by atoms with E-state index in [0.29, 0.717) is 26.2 Å². The molecule has 0 aliphatic carbocycles. The van der Waals surface area contributed by atoms with Crippen LogP contribution in [0.25, 0.3) is 0 Å². The fraction of sp³-hybridized carbons (Fsp3) is 1.00. The van der Waals surface area contributed by atoms with Gasteiger partial charge >= 0.3 is 8.56 Å². The molecule has 0 saturated carbocycles. The van der Waals surface area contributed by atoms with E-state index in [1.165, 1.54) is 0 Å². The Kier molecular flexibility index (Phi) is 14.6. The van der Waals surface area contributed by atoms with E-state index >= 15 is 0 Å². The van der Waals surface area contributed by atoms with E-state index in [9.17, 15) is 0 Å². The summed E-state index contributed by atoms with van der Waals surface area (Å²) in [5, 5.41) is 8.76. The van der Waals surface area contributed by atoms with Crippen molar-refractivity contribution in [3.8, 4) is 0 Å². The van der Waals surface area contributed by atoms with Crippen molar-refractivity contribution in [3.63, 3.8) is 0 Å². The van der Waals surface area contributed by atoms with Crippen LogP contribution in [0.5, 0.6) is 0 Å². The van der Waals surface area contributed by atoms with E-state index in [-0.39, 0.29) is 6.61 Å². The number of hydrogen-bond acceptors (Lipinski definition) is 6. The third-order valence-corrected chi connectivity index (χ3v) is 15.5. The molecule has 0 aliphatic rings. The van der Waals surface area contributed by atoms with Crippen LogP contribution in [0.1, 0.15) is 19.3 Å². The number of rotatable bonds is 18. The molecule has 0 unspecified atom stereocenters. The lowest BCUT2D eigenvalue weighted by Crippen LogP contribution is -2.52. The van der Waals surface area contributed by atoms with E-state index in [1.807, 2.05) is 0 Å².